The molecule has 1 saturated heterocycles. The van der Waals surface area contributed by atoms with Crippen molar-refractivity contribution in [2.45, 2.75) is 52.3 Å². The van der Waals surface area contributed by atoms with Gasteiger partial charge in [-0.15, -0.1) is 0 Å². The maximum Gasteiger partial charge on any atom is 0.409 e. The molecule has 0 spiro atoms. The average Bonchev–Trinajstić information content (AvgIpc) is 2.90. The van der Waals surface area contributed by atoms with Crippen LogP contribution in [0.5, 0.6) is 5.75 Å². The number of nitrogens with zero attached hydrogens (tertiary/aromatic N) is 1. The number of fused-ring (bicyclic) bond motifs is 1. The lowest BCUT2D eigenvalue weighted by molar-refractivity contribution is -0.191. The molecule has 1 fully saturated rings. The second-order valence-corrected chi connectivity index (χ2v) is 8.19. The van der Waals surface area contributed by atoms with Crippen LogP contribution >= 0.6 is 0 Å². The summed E-state index contributed by atoms with van der Waals surface area (Å²) in [6.45, 7) is 5.87. The number of alkyl halides is 3. The zero-order valence-corrected chi connectivity index (χ0v) is 17.0. The fraction of sp³-hybridized carbons (Fsp3) is 0.500. The van der Waals surface area contributed by atoms with E-state index in [0.717, 1.165) is 29.7 Å². The topological polar surface area (TPSA) is 41.6 Å². The van der Waals surface area contributed by atoms with E-state index in [-0.39, 0.29) is 12.1 Å². The fourth-order valence-corrected chi connectivity index (χ4v) is 3.61. The SMILES string of the molecule is CCCCCOc1cccc2ccc(C(N3CC(C)(C)C(=O)N3)C(F)(F)F)cc12. The standard InChI is InChI=1S/C22H27F3N2O2/c1-4-5-6-12-29-18-9-7-8-15-10-11-16(13-17(15)18)19(22(23,24)25)27-14-21(2,3)20(28)26-27/h7-11,13,19H,4-6,12,14H2,1-3H3,(H,26,28). The van der Waals surface area contributed by atoms with E-state index < -0.39 is 23.5 Å². The van der Waals surface area contributed by atoms with Crippen LogP contribution < -0.4 is 10.2 Å². The predicted octanol–water partition coefficient (Wildman–Crippen LogP) is 5.39. The quantitative estimate of drug-likeness (QED) is 0.625. The summed E-state index contributed by atoms with van der Waals surface area (Å²) >= 11 is 0. The van der Waals surface area contributed by atoms with Crippen molar-refractivity contribution in [3.05, 3.63) is 42.0 Å². The number of carbonyl (C=O) groups is 1. The molecule has 3 rings (SSSR count). The first-order chi connectivity index (χ1) is 13.6. The van der Waals surface area contributed by atoms with E-state index in [1.807, 2.05) is 12.1 Å². The van der Waals surface area contributed by atoms with Crippen molar-refractivity contribution in [2.24, 2.45) is 5.41 Å². The Morgan fingerprint density at radius 3 is 2.59 bits per heavy atom. The van der Waals surface area contributed by atoms with E-state index in [1.165, 1.54) is 12.1 Å². The van der Waals surface area contributed by atoms with Gasteiger partial charge < -0.3 is 4.74 Å². The van der Waals surface area contributed by atoms with Gasteiger partial charge in [0, 0.05) is 11.9 Å². The number of unbranched alkanes of at least 4 members (excludes halogenated alkanes) is 2. The molecular weight excluding hydrogens is 381 g/mol. The maximum atomic E-state index is 14.0. The highest BCUT2D eigenvalue weighted by Gasteiger charge is 2.51. The molecule has 0 saturated carbocycles. The molecule has 2 aromatic rings. The van der Waals surface area contributed by atoms with Gasteiger partial charge in [0.15, 0.2) is 0 Å². The number of benzene rings is 2. The number of nitrogens with one attached hydrogen (secondary N) is 1. The van der Waals surface area contributed by atoms with Gasteiger partial charge in [0.25, 0.3) is 0 Å². The Bertz CT molecular complexity index is 880. The van der Waals surface area contributed by atoms with Crippen molar-refractivity contribution in [1.29, 1.82) is 0 Å². The van der Waals surface area contributed by atoms with Crippen LogP contribution in [0.3, 0.4) is 0 Å². The number of halogens is 3. The van der Waals surface area contributed by atoms with Gasteiger partial charge in [0.05, 0.1) is 12.0 Å². The van der Waals surface area contributed by atoms with Gasteiger partial charge in [-0.25, -0.2) is 5.01 Å². The molecule has 0 radical (unpaired) electrons. The highest BCUT2D eigenvalue weighted by molar-refractivity contribution is 5.89. The minimum Gasteiger partial charge on any atom is -0.493 e. The van der Waals surface area contributed by atoms with E-state index in [1.54, 1.807) is 26.0 Å². The third-order valence-corrected chi connectivity index (χ3v) is 5.23. The van der Waals surface area contributed by atoms with Gasteiger partial charge in [-0.05, 0) is 43.4 Å². The predicted molar refractivity (Wildman–Crippen MR) is 106 cm³/mol. The summed E-state index contributed by atoms with van der Waals surface area (Å²) in [6, 6.07) is 8.21. The van der Waals surface area contributed by atoms with Crippen molar-refractivity contribution < 1.29 is 22.7 Å². The summed E-state index contributed by atoms with van der Waals surface area (Å²) in [4.78, 5) is 12.1. The molecule has 4 nitrogen and oxygen atoms in total. The summed E-state index contributed by atoms with van der Waals surface area (Å²) in [5, 5.41) is 2.45. The molecule has 1 aliphatic heterocycles. The van der Waals surface area contributed by atoms with Crippen LogP contribution in [0.15, 0.2) is 36.4 Å². The molecule has 0 aromatic heterocycles. The highest BCUT2D eigenvalue weighted by Crippen LogP contribution is 2.42. The first-order valence-corrected chi connectivity index (χ1v) is 9.93. The molecule has 1 N–H and O–H groups in total. The Kier molecular flexibility index (Phi) is 6.08. The van der Waals surface area contributed by atoms with Crippen LogP contribution in [0.1, 0.15) is 51.6 Å². The number of amides is 1. The van der Waals surface area contributed by atoms with Gasteiger partial charge in [-0.1, -0.05) is 44.0 Å². The number of hydrogen-bond acceptors (Lipinski definition) is 3. The Balaban J connectivity index is 1.96. The molecule has 1 aliphatic rings. The van der Waals surface area contributed by atoms with Gasteiger partial charge in [0.2, 0.25) is 5.91 Å². The normalized spacial score (nSPS) is 18.1. The van der Waals surface area contributed by atoms with E-state index in [9.17, 15) is 18.0 Å². The van der Waals surface area contributed by atoms with Crippen LogP contribution in [0.2, 0.25) is 0 Å². The fourth-order valence-electron chi connectivity index (χ4n) is 3.61. The van der Waals surface area contributed by atoms with Crippen molar-refractivity contribution in [1.82, 2.24) is 10.4 Å². The third-order valence-electron chi connectivity index (χ3n) is 5.23. The van der Waals surface area contributed by atoms with Crippen molar-refractivity contribution in [2.75, 3.05) is 13.2 Å². The summed E-state index contributed by atoms with van der Waals surface area (Å²) in [5.74, 6) is 0.166. The number of carbonyl (C=O) groups excluding carboxylic acids is 1. The molecule has 29 heavy (non-hydrogen) atoms. The molecule has 158 valence electrons. The van der Waals surface area contributed by atoms with E-state index in [2.05, 4.69) is 12.3 Å². The Morgan fingerprint density at radius 2 is 1.97 bits per heavy atom. The van der Waals surface area contributed by atoms with Crippen LogP contribution in [0.4, 0.5) is 13.2 Å². The number of ether oxygens (including phenoxy) is 1. The molecule has 0 bridgehead atoms. The molecule has 1 unspecified atom stereocenters. The zero-order valence-electron chi connectivity index (χ0n) is 17.0. The zero-order chi connectivity index (χ0) is 21.2. The number of hydrazine groups is 1. The minimum absolute atomic E-state index is 0.0246. The molecule has 1 amide bonds. The smallest absolute Gasteiger partial charge is 0.409 e. The van der Waals surface area contributed by atoms with Crippen molar-refractivity contribution in [3.8, 4) is 5.75 Å². The number of rotatable bonds is 7. The summed E-state index contributed by atoms with van der Waals surface area (Å²) in [6.07, 6.45) is -1.55. The van der Waals surface area contributed by atoms with Crippen LogP contribution in [0.25, 0.3) is 10.8 Å². The van der Waals surface area contributed by atoms with E-state index in [0.29, 0.717) is 17.7 Å². The lowest BCUT2D eigenvalue weighted by Gasteiger charge is -2.30. The minimum atomic E-state index is -4.54. The van der Waals surface area contributed by atoms with E-state index >= 15 is 0 Å². The molecule has 0 aliphatic carbocycles. The molecule has 1 atom stereocenters. The molecule has 2 aromatic carbocycles. The second kappa shape index (κ2) is 8.22. The van der Waals surface area contributed by atoms with Gasteiger partial charge >= 0.3 is 6.18 Å². The summed E-state index contributed by atoms with van der Waals surface area (Å²) in [5.41, 5.74) is 1.60. The third kappa shape index (κ3) is 4.66. The average molecular weight is 408 g/mol. The van der Waals surface area contributed by atoms with Gasteiger partial charge in [-0.2, -0.15) is 13.2 Å². The Hall–Kier alpha value is -2.28. The van der Waals surface area contributed by atoms with Crippen LogP contribution in [-0.2, 0) is 4.79 Å². The molecular formula is C22H27F3N2O2. The van der Waals surface area contributed by atoms with Gasteiger partial charge in [-0.3, -0.25) is 10.2 Å². The monoisotopic (exact) mass is 408 g/mol. The van der Waals surface area contributed by atoms with Gasteiger partial charge in [0.1, 0.15) is 11.8 Å². The van der Waals surface area contributed by atoms with E-state index in [4.69, 9.17) is 4.74 Å². The summed E-state index contributed by atoms with van der Waals surface area (Å²) < 4.78 is 47.9. The van der Waals surface area contributed by atoms with Crippen molar-refractivity contribution >= 4 is 16.7 Å². The highest BCUT2D eigenvalue weighted by atomic mass is 19.4. The Labute approximate surface area is 169 Å². The lowest BCUT2D eigenvalue weighted by atomic mass is 9.93. The first kappa shape index (κ1) is 21.4. The van der Waals surface area contributed by atoms with Crippen molar-refractivity contribution in [3.63, 3.8) is 0 Å². The second-order valence-electron chi connectivity index (χ2n) is 8.19. The maximum absolute atomic E-state index is 14.0. The Morgan fingerprint density at radius 1 is 1.21 bits per heavy atom. The van der Waals surface area contributed by atoms with Crippen LogP contribution in [-0.4, -0.2) is 30.2 Å². The van der Waals surface area contributed by atoms with Crippen LogP contribution in [0, 0.1) is 5.41 Å². The summed E-state index contributed by atoms with van der Waals surface area (Å²) in [7, 11) is 0. The first-order valence-electron chi connectivity index (χ1n) is 9.93. The molecule has 7 heteroatoms. The largest absolute Gasteiger partial charge is 0.493 e. The molecule has 1 heterocycles. The number of hydrogen-bond donors (Lipinski definition) is 1. The lowest BCUT2D eigenvalue weighted by Crippen LogP contribution is -2.43.